The number of aliphatic carboxylic acids is 1. The molecule has 0 unspecified atom stereocenters. The Morgan fingerprint density at radius 2 is 2.00 bits per heavy atom. The minimum absolute atomic E-state index is 0.191. The fraction of sp³-hybridized carbons (Fsp3) is 0. The van der Waals surface area contributed by atoms with Crippen LogP contribution in [0.3, 0.4) is 0 Å². The molecule has 15 heavy (non-hydrogen) atoms. The second kappa shape index (κ2) is 4.78. The number of hydrogen-bond donors (Lipinski definition) is 1. The van der Waals surface area contributed by atoms with Gasteiger partial charge in [-0.1, -0.05) is 23.2 Å². The Balaban J connectivity index is 3.30. The van der Waals surface area contributed by atoms with E-state index in [9.17, 15) is 4.79 Å². The molecule has 1 rings (SSSR count). The Bertz CT molecular complexity index is 457. The van der Waals surface area contributed by atoms with Gasteiger partial charge in [0, 0.05) is 18.0 Å². The van der Waals surface area contributed by atoms with Crippen LogP contribution in [0.2, 0.25) is 10.0 Å². The van der Waals surface area contributed by atoms with Gasteiger partial charge in [0.2, 0.25) is 0 Å². The largest absolute Gasteiger partial charge is 0.477 e. The normalized spacial score (nSPS) is 10.9. The fourth-order valence-corrected chi connectivity index (χ4v) is 1.32. The molecule has 76 valence electrons. The third-order valence-corrected chi connectivity index (χ3v) is 2.13. The van der Waals surface area contributed by atoms with Gasteiger partial charge in [0.15, 0.2) is 0 Å². The number of rotatable bonds is 2. The highest BCUT2D eigenvalue weighted by molar-refractivity contribution is 6.37. The molecular formula is C9H4Cl2N2O2. The van der Waals surface area contributed by atoms with Crippen LogP contribution >= 0.6 is 23.2 Å². The molecule has 1 heterocycles. The van der Waals surface area contributed by atoms with E-state index in [0.29, 0.717) is 0 Å². The molecule has 0 aliphatic rings. The van der Waals surface area contributed by atoms with Crippen molar-refractivity contribution in [2.75, 3.05) is 0 Å². The molecular weight excluding hydrogens is 239 g/mol. The predicted octanol–water partition coefficient (Wildman–Crippen LogP) is 2.38. The average Bonchev–Trinajstić information content (AvgIpc) is 2.17. The van der Waals surface area contributed by atoms with Gasteiger partial charge in [-0.25, -0.2) is 4.79 Å². The van der Waals surface area contributed by atoms with Crippen LogP contribution in [0, 0.1) is 11.3 Å². The molecule has 1 aromatic heterocycles. The summed E-state index contributed by atoms with van der Waals surface area (Å²) in [5.74, 6) is -1.33. The number of nitriles is 1. The zero-order valence-electron chi connectivity index (χ0n) is 7.24. The summed E-state index contributed by atoms with van der Waals surface area (Å²) in [6.07, 6.45) is 3.74. The van der Waals surface area contributed by atoms with Crippen molar-refractivity contribution in [2.45, 2.75) is 0 Å². The minimum atomic E-state index is -1.33. The van der Waals surface area contributed by atoms with Gasteiger partial charge in [0.25, 0.3) is 0 Å². The lowest BCUT2D eigenvalue weighted by molar-refractivity contribution is -0.132. The van der Waals surface area contributed by atoms with E-state index in [1.54, 1.807) is 0 Å². The number of nitrogens with zero attached hydrogens (tertiary/aromatic N) is 2. The molecule has 6 heteroatoms. The lowest BCUT2D eigenvalue weighted by Gasteiger charge is -2.00. The molecule has 0 bridgehead atoms. The summed E-state index contributed by atoms with van der Waals surface area (Å²) in [6, 6.07) is 1.53. The number of carboxylic acid groups (broad SMARTS) is 1. The van der Waals surface area contributed by atoms with E-state index in [1.807, 2.05) is 0 Å². The Morgan fingerprint density at radius 1 is 1.47 bits per heavy atom. The zero-order valence-corrected chi connectivity index (χ0v) is 8.75. The average molecular weight is 243 g/mol. The van der Waals surface area contributed by atoms with Crippen LogP contribution < -0.4 is 0 Å². The van der Waals surface area contributed by atoms with Crippen LogP contribution in [0.1, 0.15) is 5.56 Å². The van der Waals surface area contributed by atoms with Crippen LogP contribution in [0.5, 0.6) is 0 Å². The van der Waals surface area contributed by atoms with Crippen molar-refractivity contribution in [1.29, 1.82) is 5.26 Å². The molecule has 0 radical (unpaired) electrons. The lowest BCUT2D eigenvalue weighted by atomic mass is 10.2. The second-order valence-electron chi connectivity index (χ2n) is 2.49. The summed E-state index contributed by atoms with van der Waals surface area (Å²) in [5, 5.41) is 17.5. The van der Waals surface area contributed by atoms with Gasteiger partial charge in [-0.15, -0.1) is 0 Å². The molecule has 0 aromatic carbocycles. The number of carboxylic acids is 1. The Morgan fingerprint density at radius 3 is 2.40 bits per heavy atom. The molecule has 0 aliphatic heterocycles. The fourth-order valence-electron chi connectivity index (χ4n) is 0.845. The lowest BCUT2D eigenvalue weighted by Crippen LogP contribution is -1.97. The van der Waals surface area contributed by atoms with Gasteiger partial charge >= 0.3 is 5.97 Å². The van der Waals surface area contributed by atoms with Crippen molar-refractivity contribution >= 4 is 35.2 Å². The summed E-state index contributed by atoms with van der Waals surface area (Å²) in [6.45, 7) is 0. The maximum atomic E-state index is 10.6. The summed E-state index contributed by atoms with van der Waals surface area (Å²) in [4.78, 5) is 14.3. The highest BCUT2D eigenvalue weighted by Crippen LogP contribution is 2.25. The van der Waals surface area contributed by atoms with E-state index in [-0.39, 0.29) is 15.6 Å². The van der Waals surface area contributed by atoms with Crippen molar-refractivity contribution < 1.29 is 9.90 Å². The third kappa shape index (κ3) is 2.69. The number of halogens is 2. The molecule has 1 N–H and O–H groups in total. The number of carbonyl (C=O) groups is 1. The van der Waals surface area contributed by atoms with Crippen LogP contribution in [0.15, 0.2) is 18.0 Å². The Kier molecular flexibility index (Phi) is 3.67. The van der Waals surface area contributed by atoms with E-state index >= 15 is 0 Å². The van der Waals surface area contributed by atoms with Crippen molar-refractivity contribution in [2.24, 2.45) is 0 Å². The highest BCUT2D eigenvalue weighted by atomic mass is 35.5. The van der Waals surface area contributed by atoms with Crippen molar-refractivity contribution in [3.05, 3.63) is 33.6 Å². The number of hydrogen-bond acceptors (Lipinski definition) is 3. The molecule has 1 aromatic rings. The molecule has 0 aliphatic carbocycles. The topological polar surface area (TPSA) is 74.0 Å². The minimum Gasteiger partial charge on any atom is -0.477 e. The first-order valence-corrected chi connectivity index (χ1v) is 4.46. The van der Waals surface area contributed by atoms with Gasteiger partial charge in [0.1, 0.15) is 11.6 Å². The maximum Gasteiger partial charge on any atom is 0.346 e. The number of aromatic nitrogens is 1. The van der Waals surface area contributed by atoms with Gasteiger partial charge in [0.05, 0.1) is 10.0 Å². The van der Waals surface area contributed by atoms with E-state index < -0.39 is 11.5 Å². The van der Waals surface area contributed by atoms with Gasteiger partial charge in [-0.3, -0.25) is 4.98 Å². The molecule has 0 spiro atoms. The van der Waals surface area contributed by atoms with Crippen molar-refractivity contribution in [3.8, 4) is 6.07 Å². The first-order chi connectivity index (χ1) is 7.06. The van der Waals surface area contributed by atoms with Gasteiger partial charge in [-0.05, 0) is 6.08 Å². The molecule has 0 fully saturated rings. The highest BCUT2D eigenvalue weighted by Gasteiger charge is 2.10. The third-order valence-electron chi connectivity index (χ3n) is 1.53. The van der Waals surface area contributed by atoms with Crippen LogP contribution in [0.4, 0.5) is 0 Å². The SMILES string of the molecule is N#C/C(=C\c1c(Cl)cncc1Cl)C(=O)O. The van der Waals surface area contributed by atoms with E-state index in [1.165, 1.54) is 18.5 Å². The van der Waals surface area contributed by atoms with Crippen molar-refractivity contribution in [3.63, 3.8) is 0 Å². The Hall–Kier alpha value is -1.57. The summed E-state index contributed by atoms with van der Waals surface area (Å²) in [5.41, 5.74) is -0.169. The van der Waals surface area contributed by atoms with E-state index in [2.05, 4.69) is 4.98 Å². The quantitative estimate of drug-likeness (QED) is 0.639. The summed E-state index contributed by atoms with van der Waals surface area (Å²) in [7, 11) is 0. The summed E-state index contributed by atoms with van der Waals surface area (Å²) >= 11 is 11.5. The molecule has 0 amide bonds. The molecule has 4 nitrogen and oxygen atoms in total. The van der Waals surface area contributed by atoms with E-state index in [4.69, 9.17) is 33.6 Å². The zero-order chi connectivity index (χ0) is 11.4. The van der Waals surface area contributed by atoms with Gasteiger partial charge < -0.3 is 5.11 Å². The first-order valence-electron chi connectivity index (χ1n) is 3.70. The standard InChI is InChI=1S/C9H4Cl2N2O2/c10-7-3-13-4-8(11)6(7)1-5(2-12)9(14)15/h1,3-4H,(H,14,15)/b5-1+. The smallest absolute Gasteiger partial charge is 0.346 e. The van der Waals surface area contributed by atoms with Crippen LogP contribution in [0.25, 0.3) is 6.08 Å². The van der Waals surface area contributed by atoms with Crippen LogP contribution in [-0.4, -0.2) is 16.1 Å². The van der Waals surface area contributed by atoms with Gasteiger partial charge in [-0.2, -0.15) is 5.26 Å². The second-order valence-corrected chi connectivity index (χ2v) is 3.31. The molecule has 0 saturated carbocycles. The Labute approximate surface area is 95.4 Å². The monoisotopic (exact) mass is 242 g/mol. The van der Waals surface area contributed by atoms with E-state index in [0.717, 1.165) is 6.08 Å². The number of pyridine rings is 1. The molecule has 0 atom stereocenters. The van der Waals surface area contributed by atoms with Crippen molar-refractivity contribution in [1.82, 2.24) is 4.98 Å². The predicted molar refractivity (Wildman–Crippen MR) is 55.5 cm³/mol. The van der Waals surface area contributed by atoms with Crippen LogP contribution in [-0.2, 0) is 4.79 Å². The molecule has 0 saturated heterocycles. The summed E-state index contributed by atoms with van der Waals surface area (Å²) < 4.78 is 0. The maximum absolute atomic E-state index is 10.6. The first kappa shape index (κ1) is 11.5.